The quantitative estimate of drug-likeness (QED) is 0.486. The van der Waals surface area contributed by atoms with Crippen molar-refractivity contribution in [3.05, 3.63) is 34.5 Å². The van der Waals surface area contributed by atoms with Crippen LogP contribution >= 0.6 is 23.8 Å². The maximum absolute atomic E-state index is 12.1. The van der Waals surface area contributed by atoms with Gasteiger partial charge in [0.2, 0.25) is 0 Å². The Morgan fingerprint density at radius 3 is 2.67 bits per heavy atom. The number of benzene rings is 1. The third-order valence-corrected chi connectivity index (χ3v) is 3.87. The van der Waals surface area contributed by atoms with Crippen molar-refractivity contribution in [2.24, 2.45) is 0 Å². The third-order valence-electron chi connectivity index (χ3n) is 3.03. The van der Waals surface area contributed by atoms with Gasteiger partial charge in [-0.3, -0.25) is 9.69 Å². The van der Waals surface area contributed by atoms with Gasteiger partial charge in [-0.2, -0.15) is 0 Å². The van der Waals surface area contributed by atoms with Gasteiger partial charge in [0.15, 0.2) is 5.11 Å². The van der Waals surface area contributed by atoms with Gasteiger partial charge in [0.1, 0.15) is 18.1 Å². The molecule has 21 heavy (non-hydrogen) atoms. The van der Waals surface area contributed by atoms with Crippen LogP contribution in [0, 0.1) is 12.3 Å². The number of ether oxygens (including phenoxy) is 1. The van der Waals surface area contributed by atoms with E-state index in [9.17, 15) is 4.79 Å². The number of likely N-dealkylation sites (N-methyl/N-ethyl adjacent to an activating group) is 2. The molecule has 6 heteroatoms. The smallest absolute Gasteiger partial charge is 0.276 e. The molecule has 0 radical (unpaired) electrons. The van der Waals surface area contributed by atoms with Gasteiger partial charge in [0.25, 0.3) is 5.91 Å². The van der Waals surface area contributed by atoms with Crippen LogP contribution in [0.25, 0.3) is 6.08 Å². The van der Waals surface area contributed by atoms with E-state index < -0.39 is 0 Å². The zero-order valence-corrected chi connectivity index (χ0v) is 13.2. The van der Waals surface area contributed by atoms with E-state index in [4.69, 9.17) is 35.0 Å². The molecule has 0 atom stereocenters. The minimum atomic E-state index is -0.147. The summed E-state index contributed by atoms with van der Waals surface area (Å²) in [6.07, 6.45) is 6.87. The SMILES string of the molecule is C#CCOc1ccc(C=C2C(=O)N(C)C(=S)N2C)cc1Cl. The molecule has 1 saturated heterocycles. The molecule has 4 nitrogen and oxygen atoms in total. The number of amides is 1. The van der Waals surface area contributed by atoms with Crippen molar-refractivity contribution in [3.63, 3.8) is 0 Å². The Balaban J connectivity index is 2.30. The lowest BCUT2D eigenvalue weighted by molar-refractivity contribution is -0.121. The largest absolute Gasteiger partial charge is 0.479 e. The van der Waals surface area contributed by atoms with E-state index in [1.807, 2.05) is 0 Å². The summed E-state index contributed by atoms with van der Waals surface area (Å²) in [5.74, 6) is 2.74. The summed E-state index contributed by atoms with van der Waals surface area (Å²) >= 11 is 11.3. The van der Waals surface area contributed by atoms with Crippen LogP contribution in [0.5, 0.6) is 5.75 Å². The highest BCUT2D eigenvalue weighted by Crippen LogP contribution is 2.28. The van der Waals surface area contributed by atoms with Crippen LogP contribution in [0.4, 0.5) is 0 Å². The fourth-order valence-electron chi connectivity index (χ4n) is 1.89. The number of carbonyl (C=O) groups is 1. The van der Waals surface area contributed by atoms with Crippen molar-refractivity contribution in [3.8, 4) is 18.1 Å². The van der Waals surface area contributed by atoms with E-state index in [0.29, 0.717) is 21.6 Å². The normalized spacial score (nSPS) is 16.6. The van der Waals surface area contributed by atoms with Gasteiger partial charge in [0.05, 0.1) is 5.02 Å². The fraction of sp³-hybridized carbons (Fsp3) is 0.200. The molecule has 0 saturated carbocycles. The highest BCUT2D eigenvalue weighted by Gasteiger charge is 2.32. The van der Waals surface area contributed by atoms with E-state index in [0.717, 1.165) is 5.56 Å². The number of hydrogen-bond donors (Lipinski definition) is 0. The molecule has 0 bridgehead atoms. The lowest BCUT2D eigenvalue weighted by Crippen LogP contribution is -2.26. The van der Waals surface area contributed by atoms with Crippen LogP contribution < -0.4 is 4.74 Å². The molecular weight excluding hydrogens is 308 g/mol. The number of thiocarbonyl (C=S) groups is 1. The molecule has 0 spiro atoms. The first kappa shape index (κ1) is 15.4. The summed E-state index contributed by atoms with van der Waals surface area (Å²) < 4.78 is 5.29. The lowest BCUT2D eigenvalue weighted by atomic mass is 10.1. The van der Waals surface area contributed by atoms with Gasteiger partial charge in [-0.15, -0.1) is 6.42 Å². The van der Waals surface area contributed by atoms with Crippen molar-refractivity contribution in [1.82, 2.24) is 9.80 Å². The van der Waals surface area contributed by atoms with Crippen molar-refractivity contribution < 1.29 is 9.53 Å². The van der Waals surface area contributed by atoms with E-state index >= 15 is 0 Å². The maximum Gasteiger partial charge on any atom is 0.276 e. The molecule has 1 aromatic carbocycles. The highest BCUT2D eigenvalue weighted by molar-refractivity contribution is 7.80. The van der Waals surface area contributed by atoms with E-state index in [1.165, 1.54) is 4.90 Å². The fourth-order valence-corrected chi connectivity index (χ4v) is 2.31. The summed E-state index contributed by atoms with van der Waals surface area (Å²) in [6, 6.07) is 5.23. The molecule has 1 fully saturated rings. The first-order chi connectivity index (χ1) is 9.95. The number of rotatable bonds is 3. The molecule has 0 aliphatic carbocycles. The van der Waals surface area contributed by atoms with Crippen LogP contribution in [-0.4, -0.2) is 41.5 Å². The van der Waals surface area contributed by atoms with Crippen LogP contribution in [0.1, 0.15) is 5.56 Å². The molecule has 1 amide bonds. The zero-order valence-electron chi connectivity index (χ0n) is 11.6. The van der Waals surface area contributed by atoms with Gasteiger partial charge in [-0.05, 0) is 36.0 Å². The second kappa shape index (κ2) is 6.17. The van der Waals surface area contributed by atoms with Gasteiger partial charge in [0, 0.05) is 14.1 Å². The summed E-state index contributed by atoms with van der Waals surface area (Å²) in [7, 11) is 3.40. The Hall–Kier alpha value is -2.03. The van der Waals surface area contributed by atoms with E-state index in [1.54, 1.807) is 43.3 Å². The van der Waals surface area contributed by atoms with Gasteiger partial charge in [-0.25, -0.2) is 0 Å². The molecular formula is C15H13ClN2O2S. The van der Waals surface area contributed by atoms with Crippen molar-refractivity contribution in [1.29, 1.82) is 0 Å². The Kier molecular flexibility index (Phi) is 4.51. The number of halogens is 1. The maximum atomic E-state index is 12.1. The molecule has 108 valence electrons. The van der Waals surface area contributed by atoms with E-state index in [2.05, 4.69) is 5.92 Å². The average molecular weight is 321 g/mol. The Morgan fingerprint density at radius 2 is 2.14 bits per heavy atom. The summed E-state index contributed by atoms with van der Waals surface area (Å²) in [5.41, 5.74) is 1.28. The predicted molar refractivity (Wildman–Crippen MR) is 86.9 cm³/mol. The standard InChI is InChI=1S/C15H13ClN2O2S/c1-4-7-20-13-6-5-10(8-11(13)16)9-12-14(19)18(3)15(21)17(12)2/h1,5-6,8-9H,7H2,2-3H3. The molecule has 0 N–H and O–H groups in total. The first-order valence-electron chi connectivity index (χ1n) is 6.09. The second-order valence-corrected chi connectivity index (χ2v) is 5.19. The van der Waals surface area contributed by atoms with Crippen molar-refractivity contribution in [2.45, 2.75) is 0 Å². The van der Waals surface area contributed by atoms with Gasteiger partial charge < -0.3 is 9.64 Å². The molecule has 1 aliphatic rings. The van der Waals surface area contributed by atoms with Crippen molar-refractivity contribution >= 4 is 40.9 Å². The third kappa shape index (κ3) is 3.02. The molecule has 2 rings (SSSR count). The molecule has 1 aromatic rings. The molecule has 1 heterocycles. The minimum absolute atomic E-state index is 0.147. The number of hydrogen-bond acceptors (Lipinski definition) is 3. The number of carbonyl (C=O) groups excluding carboxylic acids is 1. The van der Waals surface area contributed by atoms with Crippen LogP contribution in [0.3, 0.4) is 0 Å². The summed E-state index contributed by atoms with van der Waals surface area (Å²) in [5, 5.41) is 0.898. The zero-order chi connectivity index (χ0) is 15.6. The second-order valence-electron chi connectivity index (χ2n) is 4.42. The Morgan fingerprint density at radius 1 is 1.43 bits per heavy atom. The molecule has 0 unspecified atom stereocenters. The van der Waals surface area contributed by atoms with Crippen molar-refractivity contribution in [2.75, 3.05) is 20.7 Å². The molecule has 1 aliphatic heterocycles. The summed E-state index contributed by atoms with van der Waals surface area (Å²) in [4.78, 5) is 15.2. The Labute approximate surface area is 133 Å². The average Bonchev–Trinajstić information content (AvgIpc) is 2.64. The minimum Gasteiger partial charge on any atom is -0.479 e. The lowest BCUT2D eigenvalue weighted by Gasteiger charge is -2.11. The topological polar surface area (TPSA) is 32.8 Å². The van der Waals surface area contributed by atoms with Crippen LogP contribution in [0.15, 0.2) is 23.9 Å². The Bertz CT molecular complexity index is 679. The highest BCUT2D eigenvalue weighted by atomic mass is 35.5. The summed E-state index contributed by atoms with van der Waals surface area (Å²) in [6.45, 7) is 0.153. The van der Waals surface area contributed by atoms with Crippen LogP contribution in [-0.2, 0) is 4.79 Å². The first-order valence-corrected chi connectivity index (χ1v) is 6.87. The van der Waals surface area contributed by atoms with Crippen LogP contribution in [0.2, 0.25) is 5.02 Å². The van der Waals surface area contributed by atoms with E-state index in [-0.39, 0.29) is 12.5 Å². The van der Waals surface area contributed by atoms with Gasteiger partial charge >= 0.3 is 0 Å². The predicted octanol–water partition coefficient (Wildman–Crippen LogP) is 2.38. The van der Waals surface area contributed by atoms with Gasteiger partial charge in [-0.1, -0.05) is 23.6 Å². The molecule has 0 aromatic heterocycles. The monoisotopic (exact) mass is 320 g/mol. The number of nitrogens with zero attached hydrogens (tertiary/aromatic N) is 2. The number of terminal acetylenes is 1.